The summed E-state index contributed by atoms with van der Waals surface area (Å²) in [7, 11) is -6.04. The van der Waals surface area contributed by atoms with Crippen LogP contribution in [0.2, 0.25) is 0 Å². The lowest BCUT2D eigenvalue weighted by Gasteiger charge is -2.36. The second kappa shape index (κ2) is 5.87. The average Bonchev–Trinajstić information content (AvgIpc) is 2.08. The molecule has 0 aromatic carbocycles. The van der Waals surface area contributed by atoms with E-state index in [0.717, 1.165) is 13.8 Å². The molecule has 21 heavy (non-hydrogen) atoms. The molecule has 0 saturated carbocycles. The van der Waals surface area contributed by atoms with Crippen LogP contribution in [0.5, 0.6) is 0 Å². The number of rotatable bonds is 4. The first-order chi connectivity index (χ1) is 9.02. The number of carbonyl (C=O) groups excluding carboxylic acids is 1. The van der Waals surface area contributed by atoms with Gasteiger partial charge in [-0.25, -0.2) is 13.2 Å². The second-order valence-corrected chi connectivity index (χ2v) is 5.45. The zero-order valence-corrected chi connectivity index (χ0v) is 11.2. The largest absolute Gasteiger partial charge is 0.748 e. The minimum atomic E-state index is -6.40. The van der Waals surface area contributed by atoms with Gasteiger partial charge in [0.25, 0.3) is 0 Å². The monoisotopic (exact) mass is 347 g/mol. The Kier molecular flexibility index (Phi) is 5.52. The van der Waals surface area contributed by atoms with E-state index < -0.39 is 46.1 Å². The Hall–Kier alpha value is -1.24. The molecule has 0 radical (unpaired) electrons. The summed E-state index contributed by atoms with van der Waals surface area (Å²) in [4.78, 5) is 10.9. The zero-order valence-electron chi connectivity index (χ0n) is 10.4. The Morgan fingerprint density at radius 1 is 1.10 bits per heavy atom. The Bertz CT molecular complexity index is 464. The van der Waals surface area contributed by atoms with Gasteiger partial charge >= 0.3 is 24.1 Å². The molecule has 0 aromatic heterocycles. The molecule has 0 aliphatic rings. The van der Waals surface area contributed by atoms with Crippen molar-refractivity contribution in [2.45, 2.75) is 37.9 Å². The van der Waals surface area contributed by atoms with Crippen LogP contribution in [0.1, 0.15) is 13.8 Å². The van der Waals surface area contributed by atoms with Gasteiger partial charge in [0.1, 0.15) is 0 Å². The molecule has 0 atom stereocenters. The summed E-state index contributed by atoms with van der Waals surface area (Å²) in [5.74, 6) is -3.06. The fourth-order valence-corrected chi connectivity index (χ4v) is 1.96. The van der Waals surface area contributed by atoms with Gasteiger partial charge in [-0.1, -0.05) is 0 Å². The molecular weight excluding hydrogens is 338 g/mol. The highest BCUT2D eigenvalue weighted by molar-refractivity contribution is 7.85. The third-order valence-electron chi connectivity index (χ3n) is 1.89. The first kappa shape index (κ1) is 19.8. The van der Waals surface area contributed by atoms with Gasteiger partial charge in [-0.15, -0.1) is 0 Å². The first-order valence-electron chi connectivity index (χ1n) is 4.98. The topological polar surface area (TPSA) is 92.7 Å². The minimum Gasteiger partial charge on any atom is -0.748 e. The van der Waals surface area contributed by atoms with Crippen molar-refractivity contribution in [2.24, 2.45) is 0 Å². The lowest BCUT2D eigenvalue weighted by Crippen LogP contribution is -2.63. The van der Waals surface area contributed by atoms with Crippen molar-refractivity contribution in [1.29, 1.82) is 0 Å². The van der Waals surface area contributed by atoms with E-state index in [1.807, 2.05) is 0 Å². The fraction of sp³-hybridized carbons (Fsp3) is 0.875. The van der Waals surface area contributed by atoms with Crippen LogP contribution in [0.25, 0.3) is 0 Å². The molecule has 0 bridgehead atoms. The zero-order chi connectivity index (χ0) is 17.3. The molecule has 0 unspecified atom stereocenters. The highest BCUT2D eigenvalue weighted by Crippen LogP contribution is 2.47. The van der Waals surface area contributed by atoms with Gasteiger partial charge in [0.2, 0.25) is 0 Å². The summed E-state index contributed by atoms with van der Waals surface area (Å²) in [5, 5.41) is 0. The fourth-order valence-electron chi connectivity index (χ4n) is 1.08. The van der Waals surface area contributed by atoms with E-state index in [2.05, 4.69) is 9.47 Å². The van der Waals surface area contributed by atoms with E-state index >= 15 is 0 Å². The molecule has 126 valence electrons. The molecule has 0 spiro atoms. The van der Waals surface area contributed by atoms with Crippen molar-refractivity contribution in [1.82, 2.24) is 0 Å². The minimum absolute atomic E-state index is 1.09. The van der Waals surface area contributed by atoms with Crippen LogP contribution in [-0.4, -0.2) is 48.9 Å². The van der Waals surface area contributed by atoms with Crippen LogP contribution < -0.4 is 0 Å². The lowest BCUT2D eigenvalue weighted by atomic mass is 10.1. The number of hydrogen-bond donors (Lipinski definition) is 0. The quantitative estimate of drug-likeness (QED) is 0.438. The van der Waals surface area contributed by atoms with Gasteiger partial charge in [-0.05, 0) is 13.8 Å². The first-order valence-corrected chi connectivity index (χ1v) is 6.56. The van der Waals surface area contributed by atoms with Gasteiger partial charge in [-0.3, -0.25) is 0 Å². The van der Waals surface area contributed by atoms with Crippen molar-refractivity contribution in [2.75, 3.05) is 5.75 Å². The van der Waals surface area contributed by atoms with Crippen LogP contribution >= 0.6 is 0 Å². The van der Waals surface area contributed by atoms with E-state index in [1.165, 1.54) is 0 Å². The number of carbonyl (C=O) groups is 1. The molecule has 0 fully saturated rings. The summed E-state index contributed by atoms with van der Waals surface area (Å²) >= 11 is 0. The van der Waals surface area contributed by atoms with Crippen molar-refractivity contribution >= 4 is 16.3 Å². The van der Waals surface area contributed by atoms with Crippen LogP contribution in [-0.2, 0) is 19.6 Å². The smallest absolute Gasteiger partial charge is 0.509 e. The van der Waals surface area contributed by atoms with Crippen LogP contribution in [0.3, 0.4) is 0 Å². The van der Waals surface area contributed by atoms with E-state index in [0.29, 0.717) is 0 Å². The molecule has 0 rings (SSSR count). The SMILES string of the molecule is CC(C)OC(=O)OC(CS(=O)(=O)[O-])(C(F)(F)F)C(F)(F)F. The Morgan fingerprint density at radius 3 is 1.71 bits per heavy atom. The average molecular weight is 347 g/mol. The second-order valence-electron chi connectivity index (χ2n) is 4.04. The maximum absolute atomic E-state index is 12.6. The standard InChI is InChI=1S/C8H10F6O6S/c1-4(2)19-5(15)20-6(7(9,10)11,8(12,13)14)3-21(16,17)18/h4H,3H2,1-2H3,(H,16,17,18)/p-1. The normalized spacial score (nSPS) is 14.2. The lowest BCUT2D eigenvalue weighted by molar-refractivity contribution is -0.360. The molecule has 0 aromatic rings. The van der Waals surface area contributed by atoms with Crippen LogP contribution in [0.15, 0.2) is 0 Å². The number of hydrogen-bond acceptors (Lipinski definition) is 6. The molecule has 0 heterocycles. The van der Waals surface area contributed by atoms with Crippen LogP contribution in [0, 0.1) is 0 Å². The maximum atomic E-state index is 12.6. The van der Waals surface area contributed by atoms with Gasteiger partial charge in [0.05, 0.1) is 22.0 Å². The third-order valence-corrected chi connectivity index (χ3v) is 2.65. The summed E-state index contributed by atoms with van der Waals surface area (Å²) in [6, 6.07) is 0. The highest BCUT2D eigenvalue weighted by atomic mass is 32.2. The molecule has 0 saturated heterocycles. The van der Waals surface area contributed by atoms with Gasteiger partial charge in [0, 0.05) is 0 Å². The molecule has 0 amide bonds. The van der Waals surface area contributed by atoms with E-state index in [1.54, 1.807) is 0 Å². The maximum Gasteiger partial charge on any atom is 0.509 e. The summed E-state index contributed by atoms with van der Waals surface area (Å²) in [5.41, 5.74) is -5.51. The number of halogens is 6. The summed E-state index contributed by atoms with van der Waals surface area (Å²) < 4.78 is 114. The Balaban J connectivity index is 5.89. The number of ether oxygens (including phenoxy) is 2. The molecular formula is C8H9F6O6S-. The van der Waals surface area contributed by atoms with Gasteiger partial charge < -0.3 is 14.0 Å². The third kappa shape index (κ3) is 5.22. The van der Waals surface area contributed by atoms with Crippen molar-refractivity contribution in [3.8, 4) is 0 Å². The highest BCUT2D eigenvalue weighted by Gasteiger charge is 2.75. The summed E-state index contributed by atoms with van der Waals surface area (Å²) in [6.45, 7) is 2.18. The Morgan fingerprint density at radius 2 is 1.48 bits per heavy atom. The molecule has 6 nitrogen and oxygen atoms in total. The summed E-state index contributed by atoms with van der Waals surface area (Å²) in [6.07, 6.45) is -16.4. The van der Waals surface area contributed by atoms with E-state index in [9.17, 15) is 44.1 Å². The van der Waals surface area contributed by atoms with Crippen LogP contribution in [0.4, 0.5) is 31.1 Å². The molecule has 0 N–H and O–H groups in total. The van der Waals surface area contributed by atoms with Gasteiger partial charge in [-0.2, -0.15) is 26.3 Å². The molecule has 13 heteroatoms. The predicted molar refractivity (Wildman–Crippen MR) is 52.1 cm³/mol. The van der Waals surface area contributed by atoms with Gasteiger partial charge in [0.15, 0.2) is 0 Å². The number of alkyl halides is 6. The van der Waals surface area contributed by atoms with E-state index in [4.69, 9.17) is 0 Å². The predicted octanol–water partition coefficient (Wildman–Crippen LogP) is 1.96. The van der Waals surface area contributed by atoms with E-state index in [-0.39, 0.29) is 0 Å². The van der Waals surface area contributed by atoms with Crippen molar-refractivity contribution < 1.29 is 53.6 Å². The molecule has 0 aliphatic carbocycles. The molecule has 0 aliphatic heterocycles. The van der Waals surface area contributed by atoms with Crippen molar-refractivity contribution in [3.05, 3.63) is 0 Å². The Labute approximate surface area is 114 Å². The van der Waals surface area contributed by atoms with Crippen molar-refractivity contribution in [3.63, 3.8) is 0 Å².